The molecular weight excluding hydrogens is 350 g/mol. The zero-order chi connectivity index (χ0) is 18.4. The van der Waals surface area contributed by atoms with Gasteiger partial charge in [-0.2, -0.15) is 0 Å². The van der Waals surface area contributed by atoms with E-state index in [9.17, 15) is 9.59 Å². The van der Waals surface area contributed by atoms with Gasteiger partial charge in [0, 0.05) is 29.7 Å². The fourth-order valence-electron chi connectivity index (χ4n) is 3.82. The molecule has 142 valence electrons. The Bertz CT molecular complexity index is 604. The minimum Gasteiger partial charge on any atom is -0.342 e. The molecule has 0 spiro atoms. The van der Waals surface area contributed by atoms with Crippen LogP contribution in [0.25, 0.3) is 0 Å². The van der Waals surface area contributed by atoms with Gasteiger partial charge in [-0.25, -0.2) is 0 Å². The first kappa shape index (κ1) is 19.2. The summed E-state index contributed by atoms with van der Waals surface area (Å²) in [6.07, 6.45) is 6.45. The minimum absolute atomic E-state index is 0.0235. The average molecular weight is 378 g/mol. The van der Waals surface area contributed by atoms with Crippen LogP contribution in [0.3, 0.4) is 0 Å². The van der Waals surface area contributed by atoms with E-state index < -0.39 is 0 Å². The number of benzene rings is 1. The number of hydrogen-bond donors (Lipinski definition) is 1. The van der Waals surface area contributed by atoms with Crippen LogP contribution in [0, 0.1) is 5.92 Å². The van der Waals surface area contributed by atoms with Crippen molar-refractivity contribution in [1.82, 2.24) is 9.80 Å². The molecule has 6 heteroatoms. The smallest absolute Gasteiger partial charge is 0.238 e. The molecule has 2 aliphatic heterocycles. The molecule has 2 aliphatic rings. The Balaban J connectivity index is 1.42. The summed E-state index contributed by atoms with van der Waals surface area (Å²) < 4.78 is 0. The van der Waals surface area contributed by atoms with Crippen LogP contribution in [0.2, 0.25) is 5.02 Å². The predicted octanol–water partition coefficient (Wildman–Crippen LogP) is 3.39. The van der Waals surface area contributed by atoms with Crippen molar-refractivity contribution in [2.24, 2.45) is 5.92 Å². The molecule has 5 nitrogen and oxygen atoms in total. The number of hydrogen-bond acceptors (Lipinski definition) is 3. The summed E-state index contributed by atoms with van der Waals surface area (Å²) in [6, 6.07) is 7.12. The molecule has 0 aliphatic carbocycles. The van der Waals surface area contributed by atoms with Gasteiger partial charge in [-0.15, -0.1) is 0 Å². The fourth-order valence-corrected chi connectivity index (χ4v) is 3.95. The van der Waals surface area contributed by atoms with E-state index in [4.69, 9.17) is 11.6 Å². The first-order valence-corrected chi connectivity index (χ1v) is 10.1. The molecule has 0 radical (unpaired) electrons. The van der Waals surface area contributed by atoms with Gasteiger partial charge in [0.25, 0.3) is 0 Å². The third kappa shape index (κ3) is 5.45. The second-order valence-electron chi connectivity index (χ2n) is 7.34. The van der Waals surface area contributed by atoms with Gasteiger partial charge in [-0.3, -0.25) is 14.5 Å². The Morgan fingerprint density at radius 2 is 1.58 bits per heavy atom. The number of anilines is 1. The molecule has 2 amide bonds. The summed E-state index contributed by atoms with van der Waals surface area (Å²) in [5, 5.41) is 3.55. The molecular formula is C20H28ClN3O2. The van der Waals surface area contributed by atoms with Gasteiger partial charge in [-0.1, -0.05) is 24.4 Å². The third-order valence-corrected chi connectivity index (χ3v) is 5.60. The molecule has 0 aromatic heterocycles. The number of piperidine rings is 1. The van der Waals surface area contributed by atoms with Crippen molar-refractivity contribution in [2.45, 2.75) is 38.5 Å². The standard InChI is InChI=1S/C20H28ClN3O2/c21-17-5-7-18(8-6-17)22-19(25)15-23-13-9-16(10-14-23)20(26)24-11-3-1-2-4-12-24/h5-8,16H,1-4,9-15H2,(H,22,25). The number of carbonyl (C=O) groups is 2. The number of carbonyl (C=O) groups excluding carboxylic acids is 2. The van der Waals surface area contributed by atoms with Gasteiger partial charge in [0.2, 0.25) is 11.8 Å². The van der Waals surface area contributed by atoms with E-state index in [1.165, 1.54) is 12.8 Å². The quantitative estimate of drug-likeness (QED) is 0.874. The van der Waals surface area contributed by atoms with E-state index >= 15 is 0 Å². The first-order valence-electron chi connectivity index (χ1n) is 9.68. The highest BCUT2D eigenvalue weighted by Crippen LogP contribution is 2.22. The molecule has 2 heterocycles. The summed E-state index contributed by atoms with van der Waals surface area (Å²) in [4.78, 5) is 29.1. The third-order valence-electron chi connectivity index (χ3n) is 5.35. The van der Waals surface area contributed by atoms with Crippen LogP contribution in [-0.4, -0.2) is 54.3 Å². The van der Waals surface area contributed by atoms with E-state index in [0.717, 1.165) is 57.5 Å². The van der Waals surface area contributed by atoms with Crippen LogP contribution in [0.4, 0.5) is 5.69 Å². The number of likely N-dealkylation sites (tertiary alicyclic amines) is 2. The minimum atomic E-state index is -0.0235. The van der Waals surface area contributed by atoms with Crippen LogP contribution in [0.15, 0.2) is 24.3 Å². The molecule has 0 unspecified atom stereocenters. The Kier molecular flexibility index (Phi) is 6.92. The molecule has 2 saturated heterocycles. The normalized spacial score (nSPS) is 19.8. The van der Waals surface area contributed by atoms with Gasteiger partial charge in [0.05, 0.1) is 6.54 Å². The zero-order valence-electron chi connectivity index (χ0n) is 15.3. The lowest BCUT2D eigenvalue weighted by Crippen LogP contribution is -2.44. The largest absolute Gasteiger partial charge is 0.342 e. The number of amides is 2. The summed E-state index contributed by atoms with van der Waals surface area (Å²) in [5.74, 6) is 0.436. The Hall–Kier alpha value is -1.59. The molecule has 2 fully saturated rings. The zero-order valence-corrected chi connectivity index (χ0v) is 16.0. The maximum Gasteiger partial charge on any atom is 0.238 e. The van der Waals surface area contributed by atoms with Crippen LogP contribution in [0.1, 0.15) is 38.5 Å². The summed E-state index contributed by atoms with van der Waals surface area (Å²) in [7, 11) is 0. The second-order valence-corrected chi connectivity index (χ2v) is 7.78. The van der Waals surface area contributed by atoms with Crippen molar-refractivity contribution in [3.8, 4) is 0 Å². The summed E-state index contributed by atoms with van der Waals surface area (Å²) in [5.41, 5.74) is 0.755. The highest BCUT2D eigenvalue weighted by atomic mass is 35.5. The number of nitrogens with zero attached hydrogens (tertiary/aromatic N) is 2. The molecule has 1 aromatic rings. The molecule has 1 aromatic carbocycles. The van der Waals surface area contributed by atoms with Gasteiger partial charge >= 0.3 is 0 Å². The second kappa shape index (κ2) is 9.38. The predicted molar refractivity (Wildman–Crippen MR) is 104 cm³/mol. The average Bonchev–Trinajstić information content (AvgIpc) is 2.93. The lowest BCUT2D eigenvalue weighted by atomic mass is 9.95. The number of halogens is 1. The van der Waals surface area contributed by atoms with Crippen molar-refractivity contribution in [2.75, 3.05) is 38.0 Å². The lowest BCUT2D eigenvalue weighted by Gasteiger charge is -2.33. The number of nitrogens with one attached hydrogen (secondary N) is 1. The molecule has 26 heavy (non-hydrogen) atoms. The van der Waals surface area contributed by atoms with Gasteiger partial charge in [0.15, 0.2) is 0 Å². The highest BCUT2D eigenvalue weighted by Gasteiger charge is 2.29. The van der Waals surface area contributed by atoms with E-state index in [0.29, 0.717) is 17.5 Å². The SMILES string of the molecule is O=C(CN1CCC(C(=O)N2CCCCCC2)CC1)Nc1ccc(Cl)cc1. The van der Waals surface area contributed by atoms with Crippen molar-refractivity contribution < 1.29 is 9.59 Å². The van der Waals surface area contributed by atoms with Crippen LogP contribution < -0.4 is 5.32 Å². The van der Waals surface area contributed by atoms with E-state index in [-0.39, 0.29) is 11.8 Å². The molecule has 1 N–H and O–H groups in total. The maximum atomic E-state index is 12.7. The van der Waals surface area contributed by atoms with Crippen molar-refractivity contribution in [1.29, 1.82) is 0 Å². The Morgan fingerprint density at radius 1 is 0.962 bits per heavy atom. The molecule has 3 rings (SSSR count). The van der Waals surface area contributed by atoms with E-state index in [1.807, 2.05) is 0 Å². The lowest BCUT2D eigenvalue weighted by molar-refractivity contribution is -0.137. The molecule has 0 saturated carbocycles. The Labute approximate surface area is 160 Å². The van der Waals surface area contributed by atoms with Crippen LogP contribution in [0.5, 0.6) is 0 Å². The van der Waals surface area contributed by atoms with Crippen molar-refractivity contribution in [3.05, 3.63) is 29.3 Å². The summed E-state index contributed by atoms with van der Waals surface area (Å²) >= 11 is 5.86. The highest BCUT2D eigenvalue weighted by molar-refractivity contribution is 6.30. The van der Waals surface area contributed by atoms with Gasteiger partial charge < -0.3 is 10.2 Å². The van der Waals surface area contributed by atoms with Gasteiger partial charge in [0.1, 0.15) is 0 Å². The van der Waals surface area contributed by atoms with Gasteiger partial charge in [-0.05, 0) is 63.0 Å². The molecule has 0 atom stereocenters. The monoisotopic (exact) mass is 377 g/mol. The van der Waals surface area contributed by atoms with Crippen LogP contribution in [-0.2, 0) is 9.59 Å². The van der Waals surface area contributed by atoms with Crippen LogP contribution >= 0.6 is 11.6 Å². The Morgan fingerprint density at radius 3 is 2.19 bits per heavy atom. The number of rotatable bonds is 4. The van der Waals surface area contributed by atoms with E-state index in [1.54, 1.807) is 24.3 Å². The van der Waals surface area contributed by atoms with Crippen molar-refractivity contribution >= 4 is 29.1 Å². The summed E-state index contributed by atoms with van der Waals surface area (Å²) in [6.45, 7) is 3.81. The fraction of sp³-hybridized carbons (Fsp3) is 0.600. The van der Waals surface area contributed by atoms with E-state index in [2.05, 4.69) is 15.1 Å². The first-order chi connectivity index (χ1) is 12.6. The van der Waals surface area contributed by atoms with Crippen molar-refractivity contribution in [3.63, 3.8) is 0 Å². The maximum absolute atomic E-state index is 12.7. The molecule has 0 bridgehead atoms. The topological polar surface area (TPSA) is 52.7 Å².